The van der Waals surface area contributed by atoms with Crippen molar-refractivity contribution in [2.75, 3.05) is 0 Å². The molecule has 29 heavy (non-hydrogen) atoms. The van der Waals surface area contributed by atoms with Crippen molar-refractivity contribution >= 4 is 0 Å². The molecule has 160 valence electrons. The van der Waals surface area contributed by atoms with Gasteiger partial charge in [-0.2, -0.15) is 0 Å². The molecule has 0 N–H and O–H groups in total. The van der Waals surface area contributed by atoms with E-state index in [0.29, 0.717) is 0 Å². The molecule has 2 aromatic rings. The Balaban J connectivity index is 2.35. The molecule has 0 saturated heterocycles. The zero-order chi connectivity index (χ0) is 21.0. The summed E-state index contributed by atoms with van der Waals surface area (Å²) in [5.74, 6) is 0. The summed E-state index contributed by atoms with van der Waals surface area (Å²) >= 11 is 0. The minimum Gasteiger partial charge on any atom is -0.368 e. The Kier molecular flexibility index (Phi) is 9.94. The predicted octanol–water partition coefficient (Wildman–Crippen LogP) is 8.17. The molecule has 0 spiro atoms. The van der Waals surface area contributed by atoms with E-state index < -0.39 is 0 Å². The van der Waals surface area contributed by atoms with Crippen LogP contribution in [-0.2, 0) is 17.6 Å². The smallest absolute Gasteiger partial charge is 0.0727 e. The minimum atomic E-state index is -0.0874. The van der Waals surface area contributed by atoms with Gasteiger partial charge in [0.05, 0.1) is 11.2 Å². The maximum absolute atomic E-state index is 7.34. The molecule has 0 aliphatic carbocycles. The van der Waals surface area contributed by atoms with Gasteiger partial charge in [0.2, 0.25) is 0 Å². The van der Waals surface area contributed by atoms with Crippen LogP contribution in [0.5, 0.6) is 0 Å². The Labute approximate surface area is 179 Å². The van der Waals surface area contributed by atoms with Crippen molar-refractivity contribution in [2.24, 2.45) is 0 Å². The summed E-state index contributed by atoms with van der Waals surface area (Å²) in [6.45, 7) is 9.22. The second kappa shape index (κ2) is 12.2. The van der Waals surface area contributed by atoms with Crippen LogP contribution in [0.25, 0.3) is 0 Å². The van der Waals surface area contributed by atoms with Gasteiger partial charge in [-0.15, -0.1) is 0 Å². The molecule has 0 radical (unpaired) electrons. The Morgan fingerprint density at radius 2 is 0.966 bits per heavy atom. The van der Waals surface area contributed by atoms with Gasteiger partial charge < -0.3 is 4.74 Å². The van der Waals surface area contributed by atoms with Gasteiger partial charge >= 0.3 is 0 Å². The fourth-order valence-electron chi connectivity index (χ4n) is 4.49. The Hall–Kier alpha value is -1.60. The molecule has 0 bridgehead atoms. The molecule has 0 fully saturated rings. The van der Waals surface area contributed by atoms with E-state index in [1.807, 2.05) is 0 Å². The monoisotopic (exact) mass is 394 g/mol. The maximum Gasteiger partial charge on any atom is 0.0727 e. The van der Waals surface area contributed by atoms with Crippen molar-refractivity contribution < 1.29 is 4.74 Å². The first-order valence-corrected chi connectivity index (χ1v) is 11.9. The van der Waals surface area contributed by atoms with Gasteiger partial charge in [0, 0.05) is 12.8 Å². The highest BCUT2D eigenvalue weighted by Gasteiger charge is 2.39. The van der Waals surface area contributed by atoms with Crippen molar-refractivity contribution in [3.8, 4) is 0 Å². The lowest BCUT2D eigenvalue weighted by Gasteiger charge is -2.45. The van der Waals surface area contributed by atoms with Crippen LogP contribution < -0.4 is 0 Å². The van der Waals surface area contributed by atoms with Crippen LogP contribution in [0.4, 0.5) is 0 Å². The molecule has 0 aromatic heterocycles. The molecule has 0 amide bonds. The molecule has 0 aliphatic heterocycles. The highest BCUT2D eigenvalue weighted by Crippen LogP contribution is 2.38. The zero-order valence-electron chi connectivity index (χ0n) is 19.3. The van der Waals surface area contributed by atoms with E-state index in [1.165, 1.54) is 36.8 Å². The summed E-state index contributed by atoms with van der Waals surface area (Å²) in [6, 6.07) is 21.9. The molecule has 0 aliphatic rings. The van der Waals surface area contributed by atoms with Crippen LogP contribution >= 0.6 is 0 Å². The van der Waals surface area contributed by atoms with Crippen LogP contribution in [0.1, 0.15) is 90.2 Å². The van der Waals surface area contributed by atoms with Gasteiger partial charge in [0.1, 0.15) is 0 Å². The number of unbranched alkanes of at least 4 members (excludes halogenated alkanes) is 2. The standard InChI is InChI=1S/C28H42O/c1-5-9-21-27(7-3,23-25-17-13-11-14-18-25)29-28(8-4,22-10-6-2)24-26-19-15-12-16-20-26/h11-20H,5-10,21-24H2,1-4H3. The first-order chi connectivity index (χ1) is 14.1. The lowest BCUT2D eigenvalue weighted by molar-refractivity contribution is -0.169. The maximum atomic E-state index is 7.34. The summed E-state index contributed by atoms with van der Waals surface area (Å²) in [7, 11) is 0. The van der Waals surface area contributed by atoms with Gasteiger partial charge in [-0.1, -0.05) is 114 Å². The lowest BCUT2D eigenvalue weighted by Crippen LogP contribution is -2.47. The van der Waals surface area contributed by atoms with Crippen LogP contribution in [0.2, 0.25) is 0 Å². The number of ether oxygens (including phenoxy) is 1. The summed E-state index contributed by atoms with van der Waals surface area (Å²) in [5, 5.41) is 0. The fraction of sp³-hybridized carbons (Fsp3) is 0.571. The average Bonchev–Trinajstić information content (AvgIpc) is 2.77. The molecule has 2 unspecified atom stereocenters. The van der Waals surface area contributed by atoms with E-state index in [1.54, 1.807) is 0 Å². The van der Waals surface area contributed by atoms with Crippen molar-refractivity contribution in [1.29, 1.82) is 0 Å². The Morgan fingerprint density at radius 3 is 1.28 bits per heavy atom. The minimum absolute atomic E-state index is 0.0874. The first-order valence-electron chi connectivity index (χ1n) is 11.9. The number of benzene rings is 2. The molecular formula is C28H42O. The molecule has 1 heteroatoms. The summed E-state index contributed by atoms with van der Waals surface area (Å²) in [5.41, 5.74) is 2.61. The third-order valence-electron chi connectivity index (χ3n) is 6.43. The second-order valence-corrected chi connectivity index (χ2v) is 8.71. The average molecular weight is 395 g/mol. The zero-order valence-corrected chi connectivity index (χ0v) is 19.3. The van der Waals surface area contributed by atoms with E-state index in [4.69, 9.17) is 4.74 Å². The van der Waals surface area contributed by atoms with Crippen LogP contribution in [0, 0.1) is 0 Å². The second-order valence-electron chi connectivity index (χ2n) is 8.71. The predicted molar refractivity (Wildman–Crippen MR) is 126 cm³/mol. The molecule has 2 rings (SSSR count). The molecular weight excluding hydrogens is 352 g/mol. The molecule has 1 nitrogen and oxygen atoms in total. The van der Waals surface area contributed by atoms with Gasteiger partial charge in [-0.3, -0.25) is 0 Å². The normalized spacial score (nSPS) is 15.6. The quantitative estimate of drug-likeness (QED) is 0.314. The third-order valence-corrected chi connectivity index (χ3v) is 6.43. The first kappa shape index (κ1) is 23.7. The number of rotatable bonds is 14. The van der Waals surface area contributed by atoms with Crippen LogP contribution in [0.15, 0.2) is 60.7 Å². The fourth-order valence-corrected chi connectivity index (χ4v) is 4.49. The van der Waals surface area contributed by atoms with E-state index in [-0.39, 0.29) is 11.2 Å². The van der Waals surface area contributed by atoms with Crippen molar-refractivity contribution in [2.45, 2.75) is 103 Å². The molecule has 2 aromatic carbocycles. The van der Waals surface area contributed by atoms with Gasteiger partial charge in [-0.05, 0) is 36.8 Å². The van der Waals surface area contributed by atoms with Crippen molar-refractivity contribution in [3.05, 3.63) is 71.8 Å². The Bertz CT molecular complexity index is 606. The van der Waals surface area contributed by atoms with E-state index in [2.05, 4.69) is 88.4 Å². The van der Waals surface area contributed by atoms with Gasteiger partial charge in [0.15, 0.2) is 0 Å². The lowest BCUT2D eigenvalue weighted by atomic mass is 9.82. The van der Waals surface area contributed by atoms with Crippen LogP contribution in [0.3, 0.4) is 0 Å². The molecule has 0 saturated carbocycles. The highest BCUT2D eigenvalue weighted by atomic mass is 16.5. The number of hydrogen-bond acceptors (Lipinski definition) is 1. The van der Waals surface area contributed by atoms with Crippen LogP contribution in [-0.4, -0.2) is 11.2 Å². The Morgan fingerprint density at radius 1 is 0.586 bits per heavy atom. The highest BCUT2D eigenvalue weighted by molar-refractivity contribution is 5.19. The van der Waals surface area contributed by atoms with E-state index >= 15 is 0 Å². The van der Waals surface area contributed by atoms with Gasteiger partial charge in [-0.25, -0.2) is 0 Å². The summed E-state index contributed by atoms with van der Waals surface area (Å²) in [4.78, 5) is 0. The number of hydrogen-bond donors (Lipinski definition) is 0. The summed E-state index contributed by atoms with van der Waals surface area (Å²) in [6.07, 6.45) is 11.3. The van der Waals surface area contributed by atoms with E-state index in [9.17, 15) is 0 Å². The molecule has 2 atom stereocenters. The molecule has 0 heterocycles. The van der Waals surface area contributed by atoms with Crippen molar-refractivity contribution in [3.63, 3.8) is 0 Å². The summed E-state index contributed by atoms with van der Waals surface area (Å²) < 4.78 is 7.34. The largest absolute Gasteiger partial charge is 0.368 e. The van der Waals surface area contributed by atoms with E-state index in [0.717, 1.165) is 38.5 Å². The third kappa shape index (κ3) is 7.30. The topological polar surface area (TPSA) is 9.23 Å². The SMILES string of the molecule is CCCCC(CC)(Cc1ccccc1)OC(CC)(CCCC)Cc1ccccc1. The van der Waals surface area contributed by atoms with Crippen molar-refractivity contribution in [1.82, 2.24) is 0 Å². The van der Waals surface area contributed by atoms with Gasteiger partial charge in [0.25, 0.3) is 0 Å².